The highest BCUT2D eigenvalue weighted by Gasteiger charge is 2.45. The summed E-state index contributed by atoms with van der Waals surface area (Å²) in [7, 11) is 0. The number of carbonyl (C=O) groups excluding carboxylic acids is 3. The van der Waals surface area contributed by atoms with Crippen molar-refractivity contribution in [2.45, 2.75) is 134 Å². The third-order valence-electron chi connectivity index (χ3n) is 6.92. The van der Waals surface area contributed by atoms with Gasteiger partial charge < -0.3 is 28.4 Å². The van der Waals surface area contributed by atoms with Crippen LogP contribution >= 0.6 is 0 Å². The van der Waals surface area contributed by atoms with E-state index in [-0.39, 0.29) is 18.6 Å². The van der Waals surface area contributed by atoms with Crippen molar-refractivity contribution >= 4 is 18.5 Å². The van der Waals surface area contributed by atoms with E-state index < -0.39 is 36.5 Å². The molecule has 0 saturated heterocycles. The highest BCUT2D eigenvalue weighted by Crippen LogP contribution is 2.37. The molecule has 188 valence electrons. The minimum atomic E-state index is -1.12. The minimum absolute atomic E-state index is 0.107. The maximum atomic E-state index is 12.6. The molecule has 3 saturated carbocycles. The molecule has 0 heterocycles. The molecule has 0 radical (unpaired) electrons. The summed E-state index contributed by atoms with van der Waals surface area (Å²) < 4.78 is 32.4. The molecule has 33 heavy (non-hydrogen) atoms. The quantitative estimate of drug-likeness (QED) is 0.234. The lowest BCUT2D eigenvalue weighted by Crippen LogP contribution is -2.49. The molecule has 9 heteroatoms. The first-order valence-electron chi connectivity index (χ1n) is 12.5. The van der Waals surface area contributed by atoms with Crippen LogP contribution in [0.4, 0.5) is 14.4 Å². The summed E-state index contributed by atoms with van der Waals surface area (Å²) in [4.78, 5) is 36.9. The monoisotopic (exact) mass is 470 g/mol. The van der Waals surface area contributed by atoms with Gasteiger partial charge in [0.1, 0.15) is 18.3 Å². The fraction of sp³-hybridized carbons (Fsp3) is 0.875. The van der Waals surface area contributed by atoms with Gasteiger partial charge >= 0.3 is 18.5 Å². The summed E-state index contributed by atoms with van der Waals surface area (Å²) in [5, 5.41) is 0. The number of ether oxygens (including phenoxy) is 6. The predicted molar refractivity (Wildman–Crippen MR) is 117 cm³/mol. The highest BCUT2D eigenvalue weighted by atomic mass is 16.8. The van der Waals surface area contributed by atoms with Gasteiger partial charge in [-0.05, 0) is 84.0 Å². The third kappa shape index (κ3) is 7.67. The van der Waals surface area contributed by atoms with Crippen LogP contribution in [-0.2, 0) is 28.4 Å². The molecule has 0 N–H and O–H groups in total. The van der Waals surface area contributed by atoms with Gasteiger partial charge in [-0.1, -0.05) is 13.3 Å². The molecule has 9 nitrogen and oxygen atoms in total. The molecular weight excluding hydrogens is 432 g/mol. The zero-order chi connectivity index (χ0) is 23.7. The van der Waals surface area contributed by atoms with Crippen molar-refractivity contribution in [2.75, 3.05) is 0 Å². The molecule has 3 fully saturated rings. The van der Waals surface area contributed by atoms with Crippen molar-refractivity contribution in [1.29, 1.82) is 0 Å². The summed E-state index contributed by atoms with van der Waals surface area (Å²) >= 11 is 0. The molecule has 0 bridgehead atoms. The van der Waals surface area contributed by atoms with Gasteiger partial charge in [-0.3, -0.25) is 0 Å². The summed E-state index contributed by atoms with van der Waals surface area (Å²) in [5.74, 6) is 0. The van der Waals surface area contributed by atoms with Gasteiger partial charge in [0.25, 0.3) is 6.29 Å². The molecule has 0 aromatic rings. The smallest absolute Gasteiger partial charge is 0.431 e. The second-order valence-corrected chi connectivity index (χ2v) is 9.36. The van der Waals surface area contributed by atoms with E-state index >= 15 is 0 Å². The van der Waals surface area contributed by atoms with Crippen molar-refractivity contribution < 1.29 is 42.8 Å². The van der Waals surface area contributed by atoms with Gasteiger partial charge in [0, 0.05) is 6.42 Å². The maximum absolute atomic E-state index is 12.6. The fourth-order valence-electron chi connectivity index (χ4n) is 4.93. The molecule has 0 aromatic carbocycles. The summed E-state index contributed by atoms with van der Waals surface area (Å²) in [6.07, 6.45) is 6.86. The molecule has 0 amide bonds. The highest BCUT2D eigenvalue weighted by molar-refractivity contribution is 5.63. The lowest BCUT2D eigenvalue weighted by molar-refractivity contribution is -0.158. The van der Waals surface area contributed by atoms with Crippen molar-refractivity contribution in [3.8, 4) is 0 Å². The molecule has 2 unspecified atom stereocenters. The van der Waals surface area contributed by atoms with E-state index in [1.807, 2.05) is 0 Å². The molecular formula is C24H38O9. The van der Waals surface area contributed by atoms with E-state index in [9.17, 15) is 14.4 Å². The minimum Gasteiger partial charge on any atom is -0.431 e. The van der Waals surface area contributed by atoms with Gasteiger partial charge in [0.2, 0.25) is 0 Å². The van der Waals surface area contributed by atoms with Crippen LogP contribution in [0.2, 0.25) is 0 Å². The van der Waals surface area contributed by atoms with Crippen LogP contribution < -0.4 is 0 Å². The largest absolute Gasteiger partial charge is 0.512 e. The zero-order valence-electron chi connectivity index (χ0n) is 19.9. The van der Waals surface area contributed by atoms with E-state index in [2.05, 4.69) is 0 Å². The van der Waals surface area contributed by atoms with Crippen LogP contribution in [0, 0.1) is 0 Å². The van der Waals surface area contributed by atoms with Crippen LogP contribution in [-0.4, -0.2) is 48.7 Å². The fourth-order valence-corrected chi connectivity index (χ4v) is 4.93. The standard InChI is InChI=1S/C24H38O9/c1-3-20(31-22(26)30-19-13-7-8-14-19)32-23(27)33-24(15-9-4-10-16-24)17(2)28-21(25)29-18-11-5-6-12-18/h17-20H,3-16H2,1-2H3. The Hall–Kier alpha value is -2.19. The van der Waals surface area contributed by atoms with Crippen molar-refractivity contribution in [2.24, 2.45) is 0 Å². The predicted octanol–water partition coefficient (Wildman–Crippen LogP) is 6.16. The average molecular weight is 471 g/mol. The van der Waals surface area contributed by atoms with E-state index in [1.54, 1.807) is 13.8 Å². The van der Waals surface area contributed by atoms with Gasteiger partial charge in [0.05, 0.1) is 0 Å². The Kier molecular flexibility index (Phi) is 9.50. The second kappa shape index (κ2) is 12.3. The Bertz CT molecular complexity index is 646. The maximum Gasteiger partial charge on any atom is 0.512 e. The first-order chi connectivity index (χ1) is 15.9. The number of rotatable bonds is 8. The number of hydrogen-bond donors (Lipinski definition) is 0. The molecule has 0 spiro atoms. The second-order valence-electron chi connectivity index (χ2n) is 9.36. The van der Waals surface area contributed by atoms with Gasteiger partial charge in [0.15, 0.2) is 5.60 Å². The number of hydrogen-bond acceptors (Lipinski definition) is 9. The molecule has 2 atom stereocenters. The SMILES string of the molecule is CCC(OC(=O)OC1CCCC1)OC(=O)OC1(C(C)OC(=O)OC2CCCC2)CCCCC1. The van der Waals surface area contributed by atoms with Crippen LogP contribution in [0.15, 0.2) is 0 Å². The van der Waals surface area contributed by atoms with Crippen LogP contribution in [0.5, 0.6) is 0 Å². The Morgan fingerprint density at radius 1 is 0.727 bits per heavy atom. The van der Waals surface area contributed by atoms with E-state index in [0.717, 1.165) is 70.6 Å². The Balaban J connectivity index is 1.52. The van der Waals surface area contributed by atoms with Crippen LogP contribution in [0.1, 0.15) is 104 Å². The van der Waals surface area contributed by atoms with Gasteiger partial charge in [-0.15, -0.1) is 0 Å². The molecule has 0 aromatic heterocycles. The van der Waals surface area contributed by atoms with Gasteiger partial charge in [-0.2, -0.15) is 0 Å². The summed E-state index contributed by atoms with van der Waals surface area (Å²) in [6, 6.07) is 0. The Morgan fingerprint density at radius 3 is 1.73 bits per heavy atom. The van der Waals surface area contributed by atoms with Crippen LogP contribution in [0.25, 0.3) is 0 Å². The average Bonchev–Trinajstić information content (AvgIpc) is 3.48. The van der Waals surface area contributed by atoms with Crippen molar-refractivity contribution in [3.05, 3.63) is 0 Å². The summed E-state index contributed by atoms with van der Waals surface area (Å²) in [6.45, 7) is 3.43. The first kappa shape index (κ1) is 25.4. The zero-order valence-corrected chi connectivity index (χ0v) is 19.9. The topological polar surface area (TPSA) is 107 Å². The molecule has 3 aliphatic rings. The number of carbonyl (C=O) groups is 3. The third-order valence-corrected chi connectivity index (χ3v) is 6.92. The summed E-state index contributed by atoms with van der Waals surface area (Å²) in [5.41, 5.74) is -1.01. The molecule has 3 rings (SSSR count). The molecule has 3 aliphatic carbocycles. The van der Waals surface area contributed by atoms with Gasteiger partial charge in [-0.25, -0.2) is 14.4 Å². The van der Waals surface area contributed by atoms with Crippen molar-refractivity contribution in [1.82, 2.24) is 0 Å². The van der Waals surface area contributed by atoms with Crippen molar-refractivity contribution in [3.63, 3.8) is 0 Å². The first-order valence-corrected chi connectivity index (χ1v) is 12.5. The van der Waals surface area contributed by atoms with E-state index in [4.69, 9.17) is 28.4 Å². The Morgan fingerprint density at radius 2 is 1.21 bits per heavy atom. The molecule has 0 aliphatic heterocycles. The Labute approximate surface area is 195 Å². The van der Waals surface area contributed by atoms with E-state index in [1.165, 1.54) is 0 Å². The normalized spacial score (nSPS) is 22.7. The lowest BCUT2D eigenvalue weighted by Gasteiger charge is -2.40. The van der Waals surface area contributed by atoms with Crippen LogP contribution in [0.3, 0.4) is 0 Å². The van der Waals surface area contributed by atoms with E-state index in [0.29, 0.717) is 12.8 Å². The lowest BCUT2D eigenvalue weighted by atomic mass is 9.81.